The Hall–Kier alpha value is -1.71. The van der Waals surface area contributed by atoms with E-state index in [1.54, 1.807) is 13.8 Å². The van der Waals surface area contributed by atoms with Crippen molar-refractivity contribution in [1.29, 1.82) is 0 Å². The van der Waals surface area contributed by atoms with Crippen LogP contribution in [0.25, 0.3) is 0 Å². The third kappa shape index (κ3) is 1.79. The van der Waals surface area contributed by atoms with Gasteiger partial charge in [-0.05, 0) is 18.1 Å². The zero-order chi connectivity index (χ0) is 10.7. The Balaban J connectivity index is 3.30. The zero-order valence-corrected chi connectivity index (χ0v) is 8.10. The van der Waals surface area contributed by atoms with E-state index in [4.69, 9.17) is 5.21 Å². The van der Waals surface area contributed by atoms with E-state index in [9.17, 15) is 10.2 Å². The molecule has 0 radical (unpaired) electrons. The highest BCUT2D eigenvalue weighted by Gasteiger charge is 2.17. The molecule has 0 aliphatic rings. The molecule has 14 heavy (non-hydrogen) atoms. The summed E-state index contributed by atoms with van der Waals surface area (Å²) < 4.78 is 0. The fourth-order valence-electron chi connectivity index (χ4n) is 1.24. The van der Waals surface area contributed by atoms with E-state index in [0.29, 0.717) is 0 Å². The summed E-state index contributed by atoms with van der Waals surface area (Å²) in [6.45, 7) is 3.61. The number of aromatic hydroxyl groups is 2. The van der Waals surface area contributed by atoms with Crippen molar-refractivity contribution in [3.63, 3.8) is 0 Å². The van der Waals surface area contributed by atoms with Gasteiger partial charge in [0.15, 0.2) is 0 Å². The first-order chi connectivity index (χ1) is 6.57. The zero-order valence-electron chi connectivity index (χ0n) is 8.10. The molecule has 0 bridgehead atoms. The van der Waals surface area contributed by atoms with Crippen molar-refractivity contribution in [3.8, 4) is 11.5 Å². The van der Waals surface area contributed by atoms with E-state index in [2.05, 4.69) is 5.16 Å². The molecule has 1 aromatic rings. The number of benzene rings is 1. The van der Waals surface area contributed by atoms with E-state index >= 15 is 0 Å². The average molecular weight is 195 g/mol. The molecule has 0 saturated carbocycles. The molecule has 1 rings (SSSR count). The largest absolute Gasteiger partial charge is 0.507 e. The second kappa shape index (κ2) is 4.00. The lowest BCUT2D eigenvalue weighted by Crippen LogP contribution is -2.09. The number of oxime groups is 1. The van der Waals surface area contributed by atoms with Crippen LogP contribution in [-0.2, 0) is 0 Å². The third-order valence-corrected chi connectivity index (χ3v) is 1.93. The van der Waals surface area contributed by atoms with Crippen LogP contribution in [-0.4, -0.2) is 21.1 Å². The van der Waals surface area contributed by atoms with Crippen LogP contribution in [0.2, 0.25) is 0 Å². The van der Waals surface area contributed by atoms with Crippen molar-refractivity contribution in [2.45, 2.75) is 13.8 Å². The lowest BCUT2D eigenvalue weighted by Gasteiger charge is -2.11. The van der Waals surface area contributed by atoms with Crippen LogP contribution < -0.4 is 0 Å². The number of phenols is 2. The van der Waals surface area contributed by atoms with Crippen LogP contribution in [0.4, 0.5) is 0 Å². The van der Waals surface area contributed by atoms with E-state index in [-0.39, 0.29) is 28.7 Å². The van der Waals surface area contributed by atoms with E-state index in [1.807, 2.05) is 0 Å². The molecule has 0 atom stereocenters. The predicted octanol–water partition coefficient (Wildman–Crippen LogP) is 1.93. The molecule has 0 aliphatic carbocycles. The van der Waals surface area contributed by atoms with Crippen LogP contribution >= 0.6 is 0 Å². The van der Waals surface area contributed by atoms with Crippen LogP contribution in [0, 0.1) is 5.92 Å². The minimum absolute atomic E-state index is 0.0841. The fraction of sp³-hybridized carbons (Fsp3) is 0.300. The molecular weight excluding hydrogens is 182 g/mol. The smallest absolute Gasteiger partial charge is 0.128 e. The molecule has 1 aromatic carbocycles. The lowest BCUT2D eigenvalue weighted by atomic mass is 9.98. The van der Waals surface area contributed by atoms with Gasteiger partial charge in [0.25, 0.3) is 0 Å². The van der Waals surface area contributed by atoms with Crippen molar-refractivity contribution in [2.24, 2.45) is 11.1 Å². The highest BCUT2D eigenvalue weighted by molar-refractivity contribution is 6.05. The fourth-order valence-corrected chi connectivity index (χ4v) is 1.24. The predicted molar refractivity (Wildman–Crippen MR) is 52.9 cm³/mol. The lowest BCUT2D eigenvalue weighted by molar-refractivity contribution is 0.315. The molecule has 0 spiro atoms. The molecular formula is C10H13NO3. The normalized spacial score (nSPS) is 12.1. The maximum Gasteiger partial charge on any atom is 0.128 e. The summed E-state index contributed by atoms with van der Waals surface area (Å²) in [4.78, 5) is 0. The summed E-state index contributed by atoms with van der Waals surface area (Å²) >= 11 is 0. The number of rotatable bonds is 2. The molecule has 0 heterocycles. The second-order valence-corrected chi connectivity index (χ2v) is 3.31. The third-order valence-electron chi connectivity index (χ3n) is 1.93. The Morgan fingerprint density at radius 1 is 1.21 bits per heavy atom. The molecule has 0 unspecified atom stereocenters. The SMILES string of the molecule is CC(C)/C(=N\O)c1c(O)cccc1O. The van der Waals surface area contributed by atoms with Crippen molar-refractivity contribution in [2.75, 3.05) is 0 Å². The summed E-state index contributed by atoms with van der Waals surface area (Å²) in [5, 5.41) is 30.8. The molecule has 0 amide bonds. The van der Waals surface area contributed by atoms with Gasteiger partial charge in [0.2, 0.25) is 0 Å². The van der Waals surface area contributed by atoms with E-state index in [0.717, 1.165) is 0 Å². The van der Waals surface area contributed by atoms with Crippen LogP contribution in [0.1, 0.15) is 19.4 Å². The molecule has 4 heteroatoms. The molecule has 4 nitrogen and oxygen atoms in total. The van der Waals surface area contributed by atoms with Crippen molar-refractivity contribution < 1.29 is 15.4 Å². The van der Waals surface area contributed by atoms with Gasteiger partial charge < -0.3 is 15.4 Å². The first kappa shape index (κ1) is 10.4. The maximum atomic E-state index is 9.49. The Labute approximate surface area is 82.1 Å². The monoisotopic (exact) mass is 195 g/mol. The summed E-state index contributed by atoms with van der Waals surface area (Å²) in [6, 6.07) is 4.38. The molecule has 0 aromatic heterocycles. The Kier molecular flexibility index (Phi) is 2.96. The van der Waals surface area contributed by atoms with Gasteiger partial charge in [0, 0.05) is 0 Å². The summed E-state index contributed by atoms with van der Waals surface area (Å²) in [7, 11) is 0. The van der Waals surface area contributed by atoms with Gasteiger partial charge in [-0.15, -0.1) is 0 Å². The number of phenolic OH excluding ortho intramolecular Hbond substituents is 2. The van der Waals surface area contributed by atoms with E-state index in [1.165, 1.54) is 18.2 Å². The van der Waals surface area contributed by atoms with Crippen LogP contribution in [0.5, 0.6) is 11.5 Å². The second-order valence-electron chi connectivity index (χ2n) is 3.31. The Morgan fingerprint density at radius 3 is 2.07 bits per heavy atom. The molecule has 0 aliphatic heterocycles. The van der Waals surface area contributed by atoms with Crippen molar-refractivity contribution in [3.05, 3.63) is 23.8 Å². The Morgan fingerprint density at radius 2 is 1.71 bits per heavy atom. The average Bonchev–Trinajstić information content (AvgIpc) is 2.10. The summed E-state index contributed by atoms with van der Waals surface area (Å²) in [5.74, 6) is -0.266. The standard InChI is InChI=1S/C10H13NO3/c1-6(2)10(11-14)9-7(12)4-3-5-8(9)13/h3-6,12-14H,1-2H3/b11-10+. The maximum absolute atomic E-state index is 9.49. The van der Waals surface area contributed by atoms with Crippen LogP contribution in [0.15, 0.2) is 23.4 Å². The quantitative estimate of drug-likeness (QED) is 0.383. The van der Waals surface area contributed by atoms with Gasteiger partial charge in [0.05, 0.1) is 11.3 Å². The van der Waals surface area contributed by atoms with Gasteiger partial charge in [-0.1, -0.05) is 25.1 Å². The number of hydrogen-bond donors (Lipinski definition) is 3. The number of nitrogens with zero attached hydrogens (tertiary/aromatic N) is 1. The van der Waals surface area contributed by atoms with Gasteiger partial charge in [-0.25, -0.2) is 0 Å². The van der Waals surface area contributed by atoms with Gasteiger partial charge in [0.1, 0.15) is 11.5 Å². The topological polar surface area (TPSA) is 73.1 Å². The minimum atomic E-state index is -0.0912. The molecule has 0 saturated heterocycles. The Bertz CT molecular complexity index is 338. The summed E-state index contributed by atoms with van der Waals surface area (Å²) in [6.07, 6.45) is 0. The number of hydrogen-bond acceptors (Lipinski definition) is 4. The van der Waals surface area contributed by atoms with Gasteiger partial charge >= 0.3 is 0 Å². The molecule has 3 N–H and O–H groups in total. The van der Waals surface area contributed by atoms with E-state index < -0.39 is 0 Å². The first-order valence-electron chi connectivity index (χ1n) is 4.31. The molecule has 0 fully saturated rings. The highest BCUT2D eigenvalue weighted by atomic mass is 16.4. The van der Waals surface area contributed by atoms with Crippen LogP contribution in [0.3, 0.4) is 0 Å². The van der Waals surface area contributed by atoms with Crippen molar-refractivity contribution >= 4 is 5.71 Å². The van der Waals surface area contributed by atoms with Crippen molar-refractivity contribution in [1.82, 2.24) is 0 Å². The van der Waals surface area contributed by atoms with Gasteiger partial charge in [-0.3, -0.25) is 0 Å². The van der Waals surface area contributed by atoms with Gasteiger partial charge in [-0.2, -0.15) is 0 Å². The minimum Gasteiger partial charge on any atom is -0.507 e. The molecule has 76 valence electrons. The first-order valence-corrected chi connectivity index (χ1v) is 4.31. The summed E-state index contributed by atoms with van der Waals surface area (Å²) in [5.41, 5.74) is 0.450. The highest BCUT2D eigenvalue weighted by Crippen LogP contribution is 2.29.